The average Bonchev–Trinajstić information content (AvgIpc) is 2.53. The zero-order chi connectivity index (χ0) is 16.6. The molecule has 0 radical (unpaired) electrons. The number of anilines is 1. The van der Waals surface area contributed by atoms with E-state index in [0.29, 0.717) is 17.1 Å². The predicted molar refractivity (Wildman–Crippen MR) is 88.8 cm³/mol. The van der Waals surface area contributed by atoms with E-state index in [0.717, 1.165) is 5.56 Å². The molecule has 0 saturated carbocycles. The minimum atomic E-state index is -0.708. The van der Waals surface area contributed by atoms with E-state index >= 15 is 0 Å². The van der Waals surface area contributed by atoms with Crippen LogP contribution in [0.5, 0.6) is 0 Å². The van der Waals surface area contributed by atoms with Gasteiger partial charge in [0, 0.05) is 11.6 Å². The fraction of sp³-hybridized carbons (Fsp3) is 0.188. The molecule has 0 unspecified atom stereocenters. The molecule has 6 nitrogen and oxygen atoms in total. The van der Waals surface area contributed by atoms with E-state index in [1.807, 2.05) is 30.3 Å². The molecule has 23 heavy (non-hydrogen) atoms. The fourth-order valence-corrected chi connectivity index (χ4v) is 3.12. The van der Waals surface area contributed by atoms with Crippen molar-refractivity contribution in [3.8, 4) is 0 Å². The average molecular weight is 329 g/mol. The van der Waals surface area contributed by atoms with Gasteiger partial charge in [0.25, 0.3) is 5.56 Å². The predicted octanol–water partition coefficient (Wildman–Crippen LogP) is 2.29. The van der Waals surface area contributed by atoms with Gasteiger partial charge < -0.3 is 15.0 Å². The number of nitrogens with one attached hydrogen (secondary N) is 3. The maximum absolute atomic E-state index is 12.5. The van der Waals surface area contributed by atoms with E-state index in [1.54, 1.807) is 0 Å². The van der Waals surface area contributed by atoms with Gasteiger partial charge in [-0.25, -0.2) is 0 Å². The van der Waals surface area contributed by atoms with Crippen LogP contribution in [0.4, 0.5) is 5.82 Å². The second kappa shape index (κ2) is 5.85. The van der Waals surface area contributed by atoms with Crippen molar-refractivity contribution in [2.45, 2.75) is 5.92 Å². The molecule has 2 aromatic rings. The number of H-pyrrole nitrogens is 2. The second-order valence-corrected chi connectivity index (χ2v) is 5.64. The first kappa shape index (κ1) is 15.2. The highest BCUT2D eigenvalue weighted by molar-refractivity contribution is 7.71. The summed E-state index contributed by atoms with van der Waals surface area (Å²) in [5.41, 5.74) is 1.34. The van der Waals surface area contributed by atoms with Crippen LogP contribution >= 0.6 is 12.2 Å². The summed E-state index contributed by atoms with van der Waals surface area (Å²) in [5.74, 6) is -1.22. The van der Waals surface area contributed by atoms with E-state index in [-0.39, 0.29) is 10.3 Å². The van der Waals surface area contributed by atoms with Crippen LogP contribution < -0.4 is 10.9 Å². The lowest BCUT2D eigenvalue weighted by Crippen LogP contribution is -2.37. The lowest BCUT2D eigenvalue weighted by molar-refractivity contribution is -0.144. The number of esters is 1. The highest BCUT2D eigenvalue weighted by Crippen LogP contribution is 2.41. The molecular formula is C16H15N3O3S. The molecule has 1 aromatic heterocycles. The van der Waals surface area contributed by atoms with Crippen molar-refractivity contribution in [3.63, 3.8) is 0 Å². The van der Waals surface area contributed by atoms with E-state index in [2.05, 4.69) is 21.9 Å². The monoisotopic (exact) mass is 329 g/mol. The Balaban J connectivity index is 2.29. The third-order valence-corrected chi connectivity index (χ3v) is 4.10. The van der Waals surface area contributed by atoms with Crippen molar-refractivity contribution in [1.82, 2.24) is 9.97 Å². The molecule has 0 saturated heterocycles. The van der Waals surface area contributed by atoms with E-state index in [4.69, 9.17) is 17.0 Å². The first-order valence-corrected chi connectivity index (χ1v) is 7.39. The van der Waals surface area contributed by atoms with E-state index in [1.165, 1.54) is 7.11 Å². The molecule has 2 heterocycles. The zero-order valence-electron chi connectivity index (χ0n) is 12.4. The third kappa shape index (κ3) is 2.59. The van der Waals surface area contributed by atoms with Crippen molar-refractivity contribution in [1.29, 1.82) is 0 Å². The molecule has 3 N–H and O–H groups in total. The van der Waals surface area contributed by atoms with Gasteiger partial charge in [-0.1, -0.05) is 36.9 Å². The summed E-state index contributed by atoms with van der Waals surface area (Å²) in [5, 5.41) is 2.97. The van der Waals surface area contributed by atoms with Crippen LogP contribution in [0.15, 0.2) is 47.4 Å². The Morgan fingerprint density at radius 1 is 1.26 bits per heavy atom. The standard InChI is InChI=1S/C16H15N3O3S/c1-8-10(15(21)22-2)11(9-6-4-3-5-7-9)12-13(17-8)18-16(23)19-14(12)20/h3-7,10-11H,1H2,2H3,(H3,17,18,19,20,23)/t10-,11+/m0/s1. The van der Waals surface area contributed by atoms with Crippen LogP contribution in [0.3, 0.4) is 0 Å². The highest BCUT2D eigenvalue weighted by atomic mass is 32.1. The number of hydrogen-bond acceptors (Lipinski definition) is 5. The Morgan fingerprint density at radius 2 is 1.96 bits per heavy atom. The lowest BCUT2D eigenvalue weighted by Gasteiger charge is -2.33. The molecule has 2 atom stereocenters. The van der Waals surface area contributed by atoms with Gasteiger partial charge in [0.1, 0.15) is 11.7 Å². The number of aromatic amines is 2. The molecule has 1 aromatic carbocycles. The van der Waals surface area contributed by atoms with Gasteiger partial charge >= 0.3 is 5.97 Å². The number of methoxy groups -OCH3 is 1. The Labute approximate surface area is 137 Å². The number of carbonyl (C=O) groups excluding carboxylic acids is 1. The molecule has 0 fully saturated rings. The first-order chi connectivity index (χ1) is 11.0. The highest BCUT2D eigenvalue weighted by Gasteiger charge is 2.41. The van der Waals surface area contributed by atoms with Crippen LogP contribution in [0, 0.1) is 10.7 Å². The number of aromatic nitrogens is 2. The topological polar surface area (TPSA) is 87.0 Å². The maximum atomic E-state index is 12.5. The summed E-state index contributed by atoms with van der Waals surface area (Å²) in [6, 6.07) is 9.31. The molecule has 0 bridgehead atoms. The Bertz CT molecular complexity index is 885. The third-order valence-electron chi connectivity index (χ3n) is 3.90. The van der Waals surface area contributed by atoms with Crippen LogP contribution in [0.2, 0.25) is 0 Å². The van der Waals surface area contributed by atoms with Crippen LogP contribution in [-0.4, -0.2) is 23.0 Å². The number of carbonyl (C=O) groups is 1. The van der Waals surface area contributed by atoms with Gasteiger partial charge in [-0.05, 0) is 17.8 Å². The molecule has 3 rings (SSSR count). The summed E-state index contributed by atoms with van der Waals surface area (Å²) in [7, 11) is 1.32. The Hall–Kier alpha value is -2.67. The van der Waals surface area contributed by atoms with Crippen molar-refractivity contribution < 1.29 is 9.53 Å². The van der Waals surface area contributed by atoms with Gasteiger partial charge in [-0.15, -0.1) is 0 Å². The largest absolute Gasteiger partial charge is 0.468 e. The normalized spacial score (nSPS) is 19.6. The summed E-state index contributed by atoms with van der Waals surface area (Å²) in [4.78, 5) is 30.2. The second-order valence-electron chi connectivity index (χ2n) is 5.24. The van der Waals surface area contributed by atoms with Gasteiger partial charge in [0.2, 0.25) is 0 Å². The fourth-order valence-electron chi connectivity index (χ4n) is 2.92. The molecule has 7 heteroatoms. The van der Waals surface area contributed by atoms with Crippen molar-refractivity contribution in [2.24, 2.45) is 5.92 Å². The Morgan fingerprint density at radius 3 is 2.61 bits per heavy atom. The summed E-state index contributed by atoms with van der Waals surface area (Å²) >= 11 is 5.01. The van der Waals surface area contributed by atoms with Crippen molar-refractivity contribution in [2.75, 3.05) is 12.4 Å². The molecule has 0 spiro atoms. The van der Waals surface area contributed by atoms with Crippen LogP contribution in [0.25, 0.3) is 0 Å². The van der Waals surface area contributed by atoms with Gasteiger partial charge in [0.05, 0.1) is 12.7 Å². The number of fused-ring (bicyclic) bond motifs is 1. The Kier molecular flexibility index (Phi) is 3.87. The molecule has 0 aliphatic carbocycles. The molecule has 0 amide bonds. The van der Waals surface area contributed by atoms with Crippen molar-refractivity contribution in [3.05, 3.63) is 68.9 Å². The van der Waals surface area contributed by atoms with Gasteiger partial charge in [-0.2, -0.15) is 0 Å². The number of benzene rings is 1. The summed E-state index contributed by atoms with van der Waals surface area (Å²) in [6.07, 6.45) is 0. The van der Waals surface area contributed by atoms with Gasteiger partial charge in [-0.3, -0.25) is 14.6 Å². The smallest absolute Gasteiger partial charge is 0.315 e. The van der Waals surface area contributed by atoms with E-state index in [9.17, 15) is 9.59 Å². The number of ether oxygens (including phenoxy) is 1. The van der Waals surface area contributed by atoms with E-state index < -0.39 is 17.8 Å². The first-order valence-electron chi connectivity index (χ1n) is 6.98. The maximum Gasteiger partial charge on any atom is 0.315 e. The minimum absolute atomic E-state index is 0.206. The lowest BCUT2D eigenvalue weighted by atomic mass is 9.77. The summed E-state index contributed by atoms with van der Waals surface area (Å²) in [6.45, 7) is 3.92. The van der Waals surface area contributed by atoms with Gasteiger partial charge in [0.15, 0.2) is 4.77 Å². The number of hydrogen-bond donors (Lipinski definition) is 3. The molecule has 1 aliphatic heterocycles. The van der Waals surface area contributed by atoms with Crippen LogP contribution in [0.1, 0.15) is 17.0 Å². The number of rotatable bonds is 2. The molecular weight excluding hydrogens is 314 g/mol. The quantitative estimate of drug-likeness (QED) is 0.581. The molecule has 118 valence electrons. The zero-order valence-corrected chi connectivity index (χ0v) is 13.2. The SMILES string of the molecule is C=C1Nc2[nH]c(=S)[nH]c(=O)c2[C@H](c2ccccc2)[C@H]1C(=O)OC. The summed E-state index contributed by atoms with van der Waals surface area (Å²) < 4.78 is 5.11. The minimum Gasteiger partial charge on any atom is -0.468 e. The van der Waals surface area contributed by atoms with Crippen LogP contribution in [-0.2, 0) is 9.53 Å². The molecule has 1 aliphatic rings. The van der Waals surface area contributed by atoms with Crippen molar-refractivity contribution >= 4 is 24.0 Å².